The molecule has 0 aliphatic carbocycles. The molecule has 1 fully saturated rings. The molecule has 1 aromatic rings. The number of likely N-dealkylation sites (tertiary alicyclic amines) is 1. The van der Waals surface area contributed by atoms with Crippen LogP contribution >= 0.6 is 0 Å². The van der Waals surface area contributed by atoms with Crippen molar-refractivity contribution in [3.63, 3.8) is 0 Å². The van der Waals surface area contributed by atoms with Crippen molar-refractivity contribution in [2.45, 2.75) is 12.5 Å². The van der Waals surface area contributed by atoms with Gasteiger partial charge in [0.15, 0.2) is 0 Å². The molecule has 2 N–H and O–H groups in total. The van der Waals surface area contributed by atoms with Crippen LogP contribution in [-0.2, 0) is 4.74 Å². The summed E-state index contributed by atoms with van der Waals surface area (Å²) < 4.78 is 31.9. The van der Waals surface area contributed by atoms with Gasteiger partial charge in [0, 0.05) is 31.8 Å². The van der Waals surface area contributed by atoms with Gasteiger partial charge in [0.1, 0.15) is 11.6 Å². The molecule has 0 saturated carbocycles. The van der Waals surface area contributed by atoms with Crippen molar-refractivity contribution >= 4 is 0 Å². The molecule has 0 aromatic heterocycles. The molecular formula is C14H20F2N2O. The van der Waals surface area contributed by atoms with Crippen LogP contribution in [0.15, 0.2) is 18.2 Å². The Hall–Kier alpha value is -1.04. The highest BCUT2D eigenvalue weighted by Crippen LogP contribution is 2.22. The maximum absolute atomic E-state index is 13.6. The Kier molecular flexibility index (Phi) is 4.85. The summed E-state index contributed by atoms with van der Waals surface area (Å²) in [6, 6.07) is 2.91. The lowest BCUT2D eigenvalue weighted by atomic mass is 10.1. The summed E-state index contributed by atoms with van der Waals surface area (Å²) in [5.41, 5.74) is 6.23. The van der Waals surface area contributed by atoms with Gasteiger partial charge in [0.2, 0.25) is 0 Å². The molecule has 0 amide bonds. The Morgan fingerprint density at radius 3 is 3.00 bits per heavy atom. The lowest BCUT2D eigenvalue weighted by Crippen LogP contribution is -2.31. The monoisotopic (exact) mass is 270 g/mol. The third-order valence-corrected chi connectivity index (χ3v) is 3.58. The van der Waals surface area contributed by atoms with E-state index in [-0.39, 0.29) is 5.56 Å². The molecule has 0 spiro atoms. The van der Waals surface area contributed by atoms with E-state index >= 15 is 0 Å². The van der Waals surface area contributed by atoms with Crippen LogP contribution in [0.1, 0.15) is 18.0 Å². The third kappa shape index (κ3) is 3.72. The molecule has 1 heterocycles. The number of nitrogens with two attached hydrogens (primary N) is 1. The number of rotatable bonds is 5. The predicted octanol–water partition coefficient (Wildman–Crippen LogP) is 1.93. The summed E-state index contributed by atoms with van der Waals surface area (Å²) in [6.45, 7) is 3.11. The van der Waals surface area contributed by atoms with E-state index in [2.05, 4.69) is 4.90 Å². The van der Waals surface area contributed by atoms with Crippen LogP contribution in [0, 0.1) is 17.6 Å². The first-order valence-corrected chi connectivity index (χ1v) is 6.52. The third-order valence-electron chi connectivity index (χ3n) is 3.58. The Morgan fingerprint density at radius 1 is 1.47 bits per heavy atom. The first-order chi connectivity index (χ1) is 9.10. The van der Waals surface area contributed by atoms with Crippen LogP contribution in [0.3, 0.4) is 0 Å². The summed E-state index contributed by atoms with van der Waals surface area (Å²) >= 11 is 0. The topological polar surface area (TPSA) is 38.5 Å². The van der Waals surface area contributed by atoms with E-state index in [4.69, 9.17) is 10.5 Å². The molecule has 19 heavy (non-hydrogen) atoms. The average Bonchev–Trinajstić information content (AvgIpc) is 2.80. The highest BCUT2D eigenvalue weighted by atomic mass is 19.1. The van der Waals surface area contributed by atoms with Gasteiger partial charge in [-0.3, -0.25) is 0 Å². The minimum Gasteiger partial charge on any atom is -0.384 e. The van der Waals surface area contributed by atoms with Crippen LogP contribution < -0.4 is 5.73 Å². The highest BCUT2D eigenvalue weighted by molar-refractivity contribution is 5.22. The summed E-state index contributed by atoms with van der Waals surface area (Å²) in [5.74, 6) is -0.387. The number of benzene rings is 1. The molecule has 5 heteroatoms. The summed E-state index contributed by atoms with van der Waals surface area (Å²) in [7, 11) is 1.69. The van der Waals surface area contributed by atoms with Gasteiger partial charge in [-0.1, -0.05) is 0 Å². The molecule has 0 bridgehead atoms. The largest absolute Gasteiger partial charge is 0.384 e. The van der Waals surface area contributed by atoms with Gasteiger partial charge in [-0.15, -0.1) is 0 Å². The van der Waals surface area contributed by atoms with E-state index in [1.807, 2.05) is 0 Å². The first-order valence-electron chi connectivity index (χ1n) is 6.52. The maximum Gasteiger partial charge on any atom is 0.128 e. The molecule has 2 unspecified atom stereocenters. The second-order valence-corrected chi connectivity index (χ2v) is 5.14. The van der Waals surface area contributed by atoms with Crippen LogP contribution in [-0.4, -0.2) is 38.3 Å². The van der Waals surface area contributed by atoms with Crippen LogP contribution in [0.25, 0.3) is 0 Å². The smallest absolute Gasteiger partial charge is 0.128 e. The second kappa shape index (κ2) is 6.41. The van der Waals surface area contributed by atoms with Crippen molar-refractivity contribution < 1.29 is 13.5 Å². The fourth-order valence-electron chi connectivity index (χ4n) is 2.63. The van der Waals surface area contributed by atoms with Gasteiger partial charge in [-0.25, -0.2) is 8.78 Å². The van der Waals surface area contributed by atoms with Crippen molar-refractivity contribution in [2.24, 2.45) is 11.7 Å². The van der Waals surface area contributed by atoms with Crippen LogP contribution in [0.5, 0.6) is 0 Å². The lowest BCUT2D eigenvalue weighted by molar-refractivity contribution is 0.152. The molecule has 0 radical (unpaired) electrons. The van der Waals surface area contributed by atoms with Crippen molar-refractivity contribution in [3.05, 3.63) is 35.4 Å². The van der Waals surface area contributed by atoms with E-state index in [0.29, 0.717) is 12.5 Å². The molecule has 1 aliphatic rings. The number of ether oxygens (including phenoxy) is 1. The van der Waals surface area contributed by atoms with E-state index in [0.717, 1.165) is 38.2 Å². The summed E-state index contributed by atoms with van der Waals surface area (Å²) in [5, 5.41) is 0. The number of nitrogens with zero attached hydrogens (tertiary/aromatic N) is 1. The van der Waals surface area contributed by atoms with Gasteiger partial charge in [0.25, 0.3) is 0 Å². The second-order valence-electron chi connectivity index (χ2n) is 5.14. The Labute approximate surface area is 112 Å². The van der Waals surface area contributed by atoms with Gasteiger partial charge in [-0.2, -0.15) is 0 Å². The van der Waals surface area contributed by atoms with Gasteiger partial charge in [-0.05, 0) is 37.1 Å². The summed E-state index contributed by atoms with van der Waals surface area (Å²) in [4.78, 5) is 2.18. The zero-order valence-electron chi connectivity index (χ0n) is 11.1. The number of methoxy groups -OCH3 is 1. The standard InChI is InChI=1S/C14H20F2N2O/c1-19-9-10-4-5-18(7-10)8-14(17)12-6-11(15)2-3-13(12)16/h2-3,6,10,14H,4-5,7-9,17H2,1H3. The van der Waals surface area contributed by atoms with Crippen LogP contribution in [0.2, 0.25) is 0 Å². The molecule has 2 rings (SSSR count). The number of hydrogen-bond acceptors (Lipinski definition) is 3. The zero-order valence-corrected chi connectivity index (χ0v) is 11.1. The van der Waals surface area contributed by atoms with Crippen molar-refractivity contribution in [3.8, 4) is 0 Å². The first kappa shape index (κ1) is 14.4. The molecule has 1 aromatic carbocycles. The SMILES string of the molecule is COCC1CCN(CC(N)c2cc(F)ccc2F)C1. The quantitative estimate of drug-likeness (QED) is 0.888. The molecule has 1 aliphatic heterocycles. The number of hydrogen-bond donors (Lipinski definition) is 1. The lowest BCUT2D eigenvalue weighted by Gasteiger charge is -2.21. The molecule has 106 valence electrons. The van der Waals surface area contributed by atoms with Gasteiger partial charge < -0.3 is 15.4 Å². The van der Waals surface area contributed by atoms with Crippen molar-refractivity contribution in [2.75, 3.05) is 33.4 Å². The fraction of sp³-hybridized carbons (Fsp3) is 0.571. The zero-order chi connectivity index (χ0) is 13.8. The van der Waals surface area contributed by atoms with E-state index in [9.17, 15) is 8.78 Å². The Morgan fingerprint density at radius 2 is 2.26 bits per heavy atom. The minimum atomic E-state index is -0.503. The van der Waals surface area contributed by atoms with Gasteiger partial charge in [0.05, 0.1) is 6.61 Å². The minimum absolute atomic E-state index is 0.246. The van der Waals surface area contributed by atoms with E-state index in [1.54, 1.807) is 7.11 Å². The van der Waals surface area contributed by atoms with Crippen molar-refractivity contribution in [1.82, 2.24) is 4.90 Å². The average molecular weight is 270 g/mol. The predicted molar refractivity (Wildman–Crippen MR) is 69.7 cm³/mol. The van der Waals surface area contributed by atoms with Crippen molar-refractivity contribution in [1.29, 1.82) is 0 Å². The normalized spacial score (nSPS) is 21.8. The van der Waals surface area contributed by atoms with Crippen LogP contribution in [0.4, 0.5) is 8.78 Å². The number of halogens is 2. The molecular weight excluding hydrogens is 250 g/mol. The Balaban J connectivity index is 1.94. The molecule has 2 atom stereocenters. The van der Waals surface area contributed by atoms with E-state index < -0.39 is 17.7 Å². The summed E-state index contributed by atoms with van der Waals surface area (Å²) in [6.07, 6.45) is 1.06. The fourth-order valence-corrected chi connectivity index (χ4v) is 2.63. The molecule has 3 nitrogen and oxygen atoms in total. The maximum atomic E-state index is 13.6. The van der Waals surface area contributed by atoms with Gasteiger partial charge >= 0.3 is 0 Å². The molecule has 1 saturated heterocycles. The van der Waals surface area contributed by atoms with E-state index in [1.165, 1.54) is 6.07 Å². The highest BCUT2D eigenvalue weighted by Gasteiger charge is 2.24. The Bertz CT molecular complexity index is 428.